The number of esters is 1. The van der Waals surface area contributed by atoms with E-state index in [4.69, 9.17) is 5.26 Å². The summed E-state index contributed by atoms with van der Waals surface area (Å²) in [4.78, 5) is 15.2. The largest absolute Gasteiger partial charge is 0.469 e. The molecule has 0 aromatic heterocycles. The van der Waals surface area contributed by atoms with Gasteiger partial charge in [0.1, 0.15) is 0 Å². The minimum absolute atomic E-state index is 0.289. The van der Waals surface area contributed by atoms with Gasteiger partial charge in [-0.25, -0.2) is 5.26 Å². The van der Waals surface area contributed by atoms with E-state index in [1.165, 1.54) is 7.11 Å². The Morgan fingerprint density at radius 3 is 2.36 bits per heavy atom. The van der Waals surface area contributed by atoms with Crippen LogP contribution in [0.3, 0.4) is 0 Å². The third kappa shape index (κ3) is 2.23. The highest BCUT2D eigenvalue weighted by molar-refractivity contribution is 5.77. The number of methoxy groups -OCH3 is 1. The molecule has 4 nitrogen and oxygen atoms in total. The van der Waals surface area contributed by atoms with E-state index in [9.17, 15) is 4.79 Å². The van der Waals surface area contributed by atoms with Crippen molar-refractivity contribution in [3.05, 3.63) is 29.8 Å². The van der Waals surface area contributed by atoms with Gasteiger partial charge in [-0.2, -0.15) is 0 Å². The van der Waals surface area contributed by atoms with Gasteiger partial charge in [0.25, 0.3) is 0 Å². The van der Waals surface area contributed by atoms with Gasteiger partial charge in [-0.15, -0.1) is 0 Å². The SMILES string of the molecule is COC(=O)C(C)c1ccc(OO)cc1. The number of hydrogen-bond acceptors (Lipinski definition) is 4. The highest BCUT2D eigenvalue weighted by atomic mass is 17.1. The minimum Gasteiger partial charge on any atom is -0.469 e. The summed E-state index contributed by atoms with van der Waals surface area (Å²) >= 11 is 0. The van der Waals surface area contributed by atoms with E-state index in [1.807, 2.05) is 0 Å². The predicted octanol–water partition coefficient (Wildman–Crippen LogP) is 1.81. The standard InChI is InChI=1S/C10H12O4/c1-7(10(11)13-2)8-3-5-9(14-12)6-4-8/h3-7,12H,1-2H3. The van der Waals surface area contributed by atoms with Crippen LogP contribution in [-0.4, -0.2) is 18.3 Å². The van der Waals surface area contributed by atoms with Crippen LogP contribution in [0.4, 0.5) is 0 Å². The Morgan fingerprint density at radius 2 is 1.93 bits per heavy atom. The topological polar surface area (TPSA) is 55.8 Å². The fourth-order valence-corrected chi connectivity index (χ4v) is 1.13. The molecule has 0 aliphatic rings. The van der Waals surface area contributed by atoms with Gasteiger partial charge in [0.2, 0.25) is 0 Å². The van der Waals surface area contributed by atoms with E-state index >= 15 is 0 Å². The molecule has 0 bridgehead atoms. The Kier molecular flexibility index (Phi) is 3.48. The van der Waals surface area contributed by atoms with Crippen molar-refractivity contribution in [1.82, 2.24) is 0 Å². The van der Waals surface area contributed by atoms with Gasteiger partial charge in [-0.3, -0.25) is 4.79 Å². The lowest BCUT2D eigenvalue weighted by atomic mass is 10.0. The molecule has 0 saturated carbocycles. The second-order valence-corrected chi connectivity index (χ2v) is 2.91. The van der Waals surface area contributed by atoms with E-state index < -0.39 is 0 Å². The molecule has 1 unspecified atom stereocenters. The maximum atomic E-state index is 11.2. The number of benzene rings is 1. The van der Waals surface area contributed by atoms with Gasteiger partial charge in [-0.05, 0) is 24.6 Å². The number of hydrogen-bond donors (Lipinski definition) is 1. The van der Waals surface area contributed by atoms with Crippen LogP contribution < -0.4 is 4.89 Å². The molecular weight excluding hydrogens is 184 g/mol. The molecular formula is C10H12O4. The van der Waals surface area contributed by atoms with Crippen molar-refractivity contribution in [2.75, 3.05) is 7.11 Å². The molecule has 4 heteroatoms. The van der Waals surface area contributed by atoms with Crippen molar-refractivity contribution < 1.29 is 19.7 Å². The van der Waals surface area contributed by atoms with Crippen molar-refractivity contribution in [3.8, 4) is 5.75 Å². The van der Waals surface area contributed by atoms with Crippen molar-refractivity contribution in [2.24, 2.45) is 0 Å². The quantitative estimate of drug-likeness (QED) is 0.455. The van der Waals surface area contributed by atoms with E-state index in [-0.39, 0.29) is 11.9 Å². The molecule has 1 aromatic carbocycles. The third-order valence-electron chi connectivity index (χ3n) is 2.04. The molecule has 0 saturated heterocycles. The summed E-state index contributed by atoms with van der Waals surface area (Å²) in [6.07, 6.45) is 0. The van der Waals surface area contributed by atoms with Crippen molar-refractivity contribution >= 4 is 5.97 Å². The van der Waals surface area contributed by atoms with Gasteiger partial charge >= 0.3 is 5.97 Å². The van der Waals surface area contributed by atoms with Crippen LogP contribution in [0.15, 0.2) is 24.3 Å². The lowest BCUT2D eigenvalue weighted by Crippen LogP contribution is -2.10. The highest BCUT2D eigenvalue weighted by Gasteiger charge is 2.15. The summed E-state index contributed by atoms with van der Waals surface area (Å²) in [7, 11) is 1.35. The summed E-state index contributed by atoms with van der Waals surface area (Å²) < 4.78 is 4.60. The average Bonchev–Trinajstić information content (AvgIpc) is 2.27. The molecule has 14 heavy (non-hydrogen) atoms. The van der Waals surface area contributed by atoms with E-state index in [0.717, 1.165) is 5.56 Å². The first-order valence-electron chi connectivity index (χ1n) is 4.18. The Morgan fingerprint density at radius 1 is 1.36 bits per heavy atom. The molecule has 0 aliphatic heterocycles. The molecule has 1 atom stereocenters. The number of carbonyl (C=O) groups excluding carboxylic acids is 1. The first kappa shape index (κ1) is 10.5. The van der Waals surface area contributed by atoms with Crippen LogP contribution in [0.1, 0.15) is 18.4 Å². The predicted molar refractivity (Wildman–Crippen MR) is 50.1 cm³/mol. The van der Waals surface area contributed by atoms with Crippen LogP contribution >= 0.6 is 0 Å². The number of rotatable bonds is 3. The van der Waals surface area contributed by atoms with E-state index in [0.29, 0.717) is 5.75 Å². The molecule has 0 heterocycles. The van der Waals surface area contributed by atoms with E-state index in [1.54, 1.807) is 31.2 Å². The zero-order chi connectivity index (χ0) is 10.6. The molecule has 0 radical (unpaired) electrons. The molecule has 0 aliphatic carbocycles. The zero-order valence-electron chi connectivity index (χ0n) is 8.06. The average molecular weight is 196 g/mol. The van der Waals surface area contributed by atoms with Gasteiger partial charge in [0.15, 0.2) is 5.75 Å². The van der Waals surface area contributed by atoms with Gasteiger partial charge in [-0.1, -0.05) is 12.1 Å². The van der Waals surface area contributed by atoms with Crippen molar-refractivity contribution in [3.63, 3.8) is 0 Å². The fourth-order valence-electron chi connectivity index (χ4n) is 1.13. The summed E-state index contributed by atoms with van der Waals surface area (Å²) in [5.74, 6) is -0.263. The second kappa shape index (κ2) is 4.62. The first-order valence-corrected chi connectivity index (χ1v) is 4.18. The summed E-state index contributed by atoms with van der Waals surface area (Å²) in [6.45, 7) is 1.75. The summed E-state index contributed by atoms with van der Waals surface area (Å²) in [6, 6.07) is 6.56. The first-order chi connectivity index (χ1) is 6.69. The number of carbonyl (C=O) groups is 1. The van der Waals surface area contributed by atoms with Crippen LogP contribution in [-0.2, 0) is 9.53 Å². The normalized spacial score (nSPS) is 11.9. The van der Waals surface area contributed by atoms with Crippen LogP contribution in [0.25, 0.3) is 0 Å². The highest BCUT2D eigenvalue weighted by Crippen LogP contribution is 2.19. The second-order valence-electron chi connectivity index (χ2n) is 2.91. The van der Waals surface area contributed by atoms with Crippen LogP contribution in [0, 0.1) is 0 Å². The van der Waals surface area contributed by atoms with Gasteiger partial charge in [0, 0.05) is 0 Å². The molecule has 1 N–H and O–H groups in total. The Hall–Kier alpha value is -1.55. The van der Waals surface area contributed by atoms with Gasteiger partial charge in [0.05, 0.1) is 13.0 Å². The zero-order valence-corrected chi connectivity index (χ0v) is 8.06. The number of ether oxygens (including phenoxy) is 1. The summed E-state index contributed by atoms with van der Waals surface area (Å²) in [5.41, 5.74) is 0.817. The maximum absolute atomic E-state index is 11.2. The molecule has 1 aromatic rings. The molecule has 1 rings (SSSR count). The molecule has 76 valence electrons. The Balaban J connectivity index is 2.81. The third-order valence-corrected chi connectivity index (χ3v) is 2.04. The smallest absolute Gasteiger partial charge is 0.312 e. The van der Waals surface area contributed by atoms with Crippen molar-refractivity contribution in [2.45, 2.75) is 12.8 Å². The van der Waals surface area contributed by atoms with E-state index in [2.05, 4.69) is 9.62 Å². The maximum Gasteiger partial charge on any atom is 0.312 e. The molecule has 0 fully saturated rings. The van der Waals surface area contributed by atoms with Gasteiger partial charge < -0.3 is 9.62 Å². The van der Waals surface area contributed by atoms with Crippen LogP contribution in [0.5, 0.6) is 5.75 Å². The minimum atomic E-state index is -0.312. The Labute approximate surface area is 82.0 Å². The molecule has 0 spiro atoms. The lowest BCUT2D eigenvalue weighted by molar-refractivity contribution is -0.142. The molecule has 0 amide bonds. The van der Waals surface area contributed by atoms with Crippen LogP contribution in [0.2, 0.25) is 0 Å². The van der Waals surface area contributed by atoms with Crippen molar-refractivity contribution in [1.29, 1.82) is 0 Å². The fraction of sp³-hybridized carbons (Fsp3) is 0.300. The lowest BCUT2D eigenvalue weighted by Gasteiger charge is -2.09. The summed E-state index contributed by atoms with van der Waals surface area (Å²) in [5, 5.41) is 8.33. The monoisotopic (exact) mass is 196 g/mol. The Bertz CT molecular complexity index is 304.